The summed E-state index contributed by atoms with van der Waals surface area (Å²) < 4.78 is 5.68. The zero-order valence-electron chi connectivity index (χ0n) is 12.7. The zero-order chi connectivity index (χ0) is 14.2. The van der Waals surface area contributed by atoms with E-state index in [1.165, 1.54) is 36.8 Å². The molecule has 1 heterocycles. The molecule has 1 fully saturated rings. The lowest BCUT2D eigenvalue weighted by Gasteiger charge is -2.18. The summed E-state index contributed by atoms with van der Waals surface area (Å²) >= 11 is 2.00. The number of ether oxygens (including phenoxy) is 1. The largest absolute Gasteiger partial charge is 0.377 e. The van der Waals surface area contributed by atoms with Gasteiger partial charge in [0.15, 0.2) is 0 Å². The average molecular weight is 293 g/mol. The third-order valence-electron chi connectivity index (χ3n) is 3.88. The molecule has 0 aromatic heterocycles. The molecule has 1 saturated heterocycles. The Morgan fingerprint density at radius 3 is 2.75 bits per heavy atom. The molecule has 3 heteroatoms. The highest BCUT2D eigenvalue weighted by atomic mass is 32.2. The molecule has 2 rings (SSSR count). The van der Waals surface area contributed by atoms with Gasteiger partial charge >= 0.3 is 0 Å². The lowest BCUT2D eigenvalue weighted by Crippen LogP contribution is -2.20. The van der Waals surface area contributed by atoms with Crippen LogP contribution < -0.4 is 5.32 Å². The van der Waals surface area contributed by atoms with Crippen molar-refractivity contribution in [2.45, 2.75) is 44.8 Å². The second-order valence-corrected chi connectivity index (χ2v) is 6.58. The Morgan fingerprint density at radius 2 is 2.15 bits per heavy atom. The summed E-state index contributed by atoms with van der Waals surface area (Å²) in [6.07, 6.45) is 5.36. The molecule has 0 radical (unpaired) electrons. The summed E-state index contributed by atoms with van der Waals surface area (Å²) in [7, 11) is 2.05. The minimum atomic E-state index is 0.442. The maximum atomic E-state index is 5.68. The van der Waals surface area contributed by atoms with Gasteiger partial charge in [0.25, 0.3) is 0 Å². The fourth-order valence-electron chi connectivity index (χ4n) is 2.64. The fourth-order valence-corrected chi connectivity index (χ4v) is 3.90. The molecule has 1 aromatic carbocycles. The molecule has 1 aliphatic heterocycles. The Bertz CT molecular complexity index is 373. The second kappa shape index (κ2) is 8.71. The molecular weight excluding hydrogens is 266 g/mol. The van der Waals surface area contributed by atoms with E-state index in [0.29, 0.717) is 12.1 Å². The van der Waals surface area contributed by atoms with Crippen LogP contribution >= 0.6 is 11.8 Å². The van der Waals surface area contributed by atoms with E-state index in [0.717, 1.165) is 18.1 Å². The third-order valence-corrected chi connectivity index (χ3v) is 5.06. The van der Waals surface area contributed by atoms with Crippen molar-refractivity contribution in [3.05, 3.63) is 35.4 Å². The van der Waals surface area contributed by atoms with Crippen LogP contribution in [-0.4, -0.2) is 31.3 Å². The molecule has 20 heavy (non-hydrogen) atoms. The lowest BCUT2D eigenvalue weighted by molar-refractivity contribution is 0.129. The maximum absolute atomic E-state index is 5.68. The highest BCUT2D eigenvalue weighted by molar-refractivity contribution is 7.99. The van der Waals surface area contributed by atoms with Crippen molar-refractivity contribution in [1.82, 2.24) is 5.32 Å². The van der Waals surface area contributed by atoms with Crippen LogP contribution in [0.1, 0.15) is 43.4 Å². The standard InChI is InChI=1S/C17H27NOS/c1-3-5-14-7-9-15(10-8-14)17(18-2)13-20-12-16-6-4-11-19-16/h7-10,16-18H,3-6,11-13H2,1-2H3. The molecule has 1 N–H and O–H groups in total. The highest BCUT2D eigenvalue weighted by Crippen LogP contribution is 2.22. The molecule has 0 amide bonds. The van der Waals surface area contributed by atoms with E-state index in [4.69, 9.17) is 4.74 Å². The Balaban J connectivity index is 1.80. The number of benzene rings is 1. The van der Waals surface area contributed by atoms with Gasteiger partial charge in [0, 0.05) is 24.2 Å². The molecule has 112 valence electrons. The predicted octanol–water partition coefficient (Wildman–Crippen LogP) is 3.81. The van der Waals surface area contributed by atoms with Crippen LogP contribution in [0.4, 0.5) is 0 Å². The van der Waals surface area contributed by atoms with Gasteiger partial charge in [0.2, 0.25) is 0 Å². The first-order chi connectivity index (χ1) is 9.83. The average Bonchev–Trinajstić information content (AvgIpc) is 2.98. The minimum Gasteiger partial charge on any atom is -0.377 e. The molecule has 1 aliphatic rings. The number of hydrogen-bond acceptors (Lipinski definition) is 3. The normalized spacial score (nSPS) is 20.2. The summed E-state index contributed by atoms with van der Waals surface area (Å²) in [6.45, 7) is 3.19. The Morgan fingerprint density at radius 1 is 1.35 bits per heavy atom. The fraction of sp³-hybridized carbons (Fsp3) is 0.647. The summed E-state index contributed by atoms with van der Waals surface area (Å²) in [5.41, 5.74) is 2.84. The van der Waals surface area contributed by atoms with Gasteiger partial charge < -0.3 is 10.1 Å². The molecule has 1 aromatic rings. The Hall–Kier alpha value is -0.510. The van der Waals surface area contributed by atoms with E-state index < -0.39 is 0 Å². The third kappa shape index (κ3) is 4.80. The Kier molecular flexibility index (Phi) is 6.91. The molecule has 0 saturated carbocycles. The number of thioether (sulfide) groups is 1. The van der Waals surface area contributed by atoms with Gasteiger partial charge in [-0.05, 0) is 37.4 Å². The monoisotopic (exact) mass is 293 g/mol. The van der Waals surface area contributed by atoms with Gasteiger partial charge in [-0.15, -0.1) is 0 Å². The van der Waals surface area contributed by atoms with Crippen molar-refractivity contribution in [2.75, 3.05) is 25.2 Å². The van der Waals surface area contributed by atoms with Crippen LogP contribution in [0.2, 0.25) is 0 Å². The van der Waals surface area contributed by atoms with Crippen molar-refractivity contribution in [2.24, 2.45) is 0 Å². The van der Waals surface area contributed by atoms with E-state index in [2.05, 4.69) is 43.6 Å². The minimum absolute atomic E-state index is 0.442. The van der Waals surface area contributed by atoms with E-state index in [9.17, 15) is 0 Å². The van der Waals surface area contributed by atoms with E-state index >= 15 is 0 Å². The van der Waals surface area contributed by atoms with Crippen molar-refractivity contribution in [3.8, 4) is 0 Å². The summed E-state index contributed by atoms with van der Waals surface area (Å²) in [5, 5.41) is 3.43. The van der Waals surface area contributed by atoms with Crippen molar-refractivity contribution in [1.29, 1.82) is 0 Å². The SMILES string of the molecule is CCCc1ccc(C(CSCC2CCCO2)NC)cc1. The van der Waals surface area contributed by atoms with Crippen LogP contribution in [0, 0.1) is 0 Å². The van der Waals surface area contributed by atoms with Gasteiger partial charge in [-0.2, -0.15) is 11.8 Å². The summed E-state index contributed by atoms with van der Waals surface area (Å²) in [6, 6.07) is 9.54. The molecule has 0 bridgehead atoms. The van der Waals surface area contributed by atoms with Gasteiger partial charge in [0.05, 0.1) is 6.10 Å². The maximum Gasteiger partial charge on any atom is 0.0666 e. The topological polar surface area (TPSA) is 21.3 Å². The van der Waals surface area contributed by atoms with Crippen molar-refractivity contribution < 1.29 is 4.74 Å². The first kappa shape index (κ1) is 15.9. The molecule has 2 unspecified atom stereocenters. The van der Waals surface area contributed by atoms with Crippen LogP contribution in [0.3, 0.4) is 0 Å². The highest BCUT2D eigenvalue weighted by Gasteiger charge is 2.16. The zero-order valence-corrected chi connectivity index (χ0v) is 13.5. The van der Waals surface area contributed by atoms with Gasteiger partial charge in [-0.25, -0.2) is 0 Å². The van der Waals surface area contributed by atoms with Gasteiger partial charge in [-0.3, -0.25) is 0 Å². The Labute approximate surface area is 127 Å². The first-order valence-corrected chi connectivity index (χ1v) is 8.94. The van der Waals surface area contributed by atoms with Crippen molar-refractivity contribution in [3.63, 3.8) is 0 Å². The number of rotatable bonds is 8. The van der Waals surface area contributed by atoms with Gasteiger partial charge in [-0.1, -0.05) is 37.6 Å². The molecule has 0 aliphatic carbocycles. The smallest absolute Gasteiger partial charge is 0.0666 e. The van der Waals surface area contributed by atoms with Crippen LogP contribution in [0.15, 0.2) is 24.3 Å². The molecule has 2 atom stereocenters. The molecule has 0 spiro atoms. The van der Waals surface area contributed by atoms with E-state index in [-0.39, 0.29) is 0 Å². The van der Waals surface area contributed by atoms with Crippen molar-refractivity contribution >= 4 is 11.8 Å². The summed E-state index contributed by atoms with van der Waals surface area (Å²) in [4.78, 5) is 0. The number of aryl methyl sites for hydroxylation is 1. The predicted molar refractivity (Wildman–Crippen MR) is 88.5 cm³/mol. The van der Waals surface area contributed by atoms with Gasteiger partial charge in [0.1, 0.15) is 0 Å². The molecule has 2 nitrogen and oxygen atoms in total. The summed E-state index contributed by atoms with van der Waals surface area (Å²) in [5.74, 6) is 2.25. The second-order valence-electron chi connectivity index (χ2n) is 5.51. The first-order valence-electron chi connectivity index (χ1n) is 7.79. The van der Waals surface area contributed by atoms with Crippen LogP contribution in [-0.2, 0) is 11.2 Å². The van der Waals surface area contributed by atoms with Crippen LogP contribution in [0.5, 0.6) is 0 Å². The van der Waals surface area contributed by atoms with E-state index in [1.54, 1.807) is 0 Å². The lowest BCUT2D eigenvalue weighted by atomic mass is 10.0. The van der Waals surface area contributed by atoms with Crippen LogP contribution in [0.25, 0.3) is 0 Å². The quantitative estimate of drug-likeness (QED) is 0.787. The number of hydrogen-bond donors (Lipinski definition) is 1. The molecular formula is C17H27NOS. The van der Waals surface area contributed by atoms with E-state index in [1.807, 2.05) is 11.8 Å². The number of nitrogens with one attached hydrogen (secondary N) is 1.